The van der Waals surface area contributed by atoms with Gasteiger partial charge in [0.2, 0.25) is 0 Å². The Hall–Kier alpha value is -2.04. The van der Waals surface area contributed by atoms with Crippen molar-refractivity contribution in [3.05, 3.63) is 47.5 Å². The smallest absolute Gasteiger partial charge is 0.141 e. The number of rotatable bonds is 3. The van der Waals surface area contributed by atoms with Gasteiger partial charge in [-0.05, 0) is 42.5 Å². The van der Waals surface area contributed by atoms with Crippen molar-refractivity contribution in [2.75, 3.05) is 12.3 Å². The van der Waals surface area contributed by atoms with Gasteiger partial charge in [0.15, 0.2) is 0 Å². The molecule has 0 saturated heterocycles. The molecule has 1 heterocycles. The van der Waals surface area contributed by atoms with E-state index in [0.29, 0.717) is 17.3 Å². The molecule has 0 atom stereocenters. The van der Waals surface area contributed by atoms with Crippen LogP contribution in [0, 0.1) is 0 Å². The molecular weight excluding hydrogens is 274 g/mol. The number of imidazole rings is 1. The lowest BCUT2D eigenvalue weighted by atomic mass is 10.2. The van der Waals surface area contributed by atoms with Crippen molar-refractivity contribution >= 4 is 28.3 Å². The normalized spacial score (nSPS) is 11.1. The number of hydrogen-bond donors (Lipinski definition) is 2. The number of fused-ring (bicyclic) bond motifs is 1. The number of aliphatic hydroxyl groups excluding tert-OH is 1. The molecule has 0 amide bonds. The standard InChI is InChI=1S/C15H14ClN3O/c16-11-3-6-14-13(9-11)18-15(19(14)7-8-20)10-1-4-12(17)5-2-10/h1-6,9,20H,7-8,17H2. The van der Waals surface area contributed by atoms with Crippen LogP contribution in [0.1, 0.15) is 0 Å². The zero-order valence-electron chi connectivity index (χ0n) is 10.8. The van der Waals surface area contributed by atoms with E-state index in [4.69, 9.17) is 17.3 Å². The molecule has 0 radical (unpaired) electrons. The van der Waals surface area contributed by atoms with E-state index in [1.807, 2.05) is 47.0 Å². The molecule has 20 heavy (non-hydrogen) atoms. The first-order valence-electron chi connectivity index (χ1n) is 6.31. The second-order valence-electron chi connectivity index (χ2n) is 4.57. The molecule has 0 saturated carbocycles. The maximum atomic E-state index is 9.27. The van der Waals surface area contributed by atoms with E-state index in [1.165, 1.54) is 0 Å². The summed E-state index contributed by atoms with van der Waals surface area (Å²) < 4.78 is 1.98. The Labute approximate surface area is 121 Å². The first-order valence-corrected chi connectivity index (χ1v) is 6.69. The summed E-state index contributed by atoms with van der Waals surface area (Å²) in [6.45, 7) is 0.536. The summed E-state index contributed by atoms with van der Waals surface area (Å²) in [5.41, 5.74) is 9.15. The summed E-state index contributed by atoms with van der Waals surface area (Å²) in [5.74, 6) is 0.802. The van der Waals surface area contributed by atoms with E-state index >= 15 is 0 Å². The van der Waals surface area contributed by atoms with E-state index in [-0.39, 0.29) is 6.61 Å². The number of nitrogen functional groups attached to an aromatic ring is 1. The minimum Gasteiger partial charge on any atom is -0.399 e. The number of aliphatic hydroxyl groups is 1. The van der Waals surface area contributed by atoms with Gasteiger partial charge in [-0.15, -0.1) is 0 Å². The fourth-order valence-corrected chi connectivity index (χ4v) is 2.45. The number of halogens is 1. The van der Waals surface area contributed by atoms with Gasteiger partial charge in [0, 0.05) is 22.8 Å². The summed E-state index contributed by atoms with van der Waals surface area (Å²) in [7, 11) is 0. The molecule has 1 aromatic heterocycles. The van der Waals surface area contributed by atoms with E-state index < -0.39 is 0 Å². The van der Waals surface area contributed by atoms with Crippen molar-refractivity contribution in [1.29, 1.82) is 0 Å². The third-order valence-corrected chi connectivity index (χ3v) is 3.44. The first-order chi connectivity index (χ1) is 9.69. The van der Waals surface area contributed by atoms with E-state index in [0.717, 1.165) is 22.4 Å². The monoisotopic (exact) mass is 287 g/mol. The molecule has 0 aliphatic carbocycles. The predicted molar refractivity (Wildman–Crippen MR) is 81.7 cm³/mol. The van der Waals surface area contributed by atoms with Crippen molar-refractivity contribution in [1.82, 2.24) is 9.55 Å². The van der Waals surface area contributed by atoms with Crippen molar-refractivity contribution in [3.8, 4) is 11.4 Å². The van der Waals surface area contributed by atoms with Crippen LogP contribution in [0.25, 0.3) is 22.4 Å². The van der Waals surface area contributed by atoms with E-state index in [2.05, 4.69) is 4.98 Å². The fourth-order valence-electron chi connectivity index (χ4n) is 2.28. The van der Waals surface area contributed by atoms with E-state index in [9.17, 15) is 5.11 Å². The Morgan fingerprint density at radius 3 is 2.60 bits per heavy atom. The number of anilines is 1. The number of benzene rings is 2. The molecule has 0 bridgehead atoms. The molecule has 0 aliphatic heterocycles. The van der Waals surface area contributed by atoms with Crippen LogP contribution >= 0.6 is 11.6 Å². The van der Waals surface area contributed by atoms with Gasteiger partial charge >= 0.3 is 0 Å². The zero-order chi connectivity index (χ0) is 14.1. The SMILES string of the molecule is Nc1ccc(-c2nc3cc(Cl)ccc3n2CCO)cc1. The van der Waals surface area contributed by atoms with Gasteiger partial charge in [-0.1, -0.05) is 11.6 Å². The van der Waals surface area contributed by atoms with Crippen molar-refractivity contribution in [3.63, 3.8) is 0 Å². The van der Waals surface area contributed by atoms with Gasteiger partial charge in [-0.25, -0.2) is 4.98 Å². The molecule has 3 rings (SSSR count). The first kappa shape index (κ1) is 13.0. The lowest BCUT2D eigenvalue weighted by molar-refractivity contribution is 0.278. The van der Waals surface area contributed by atoms with Gasteiger partial charge in [0.25, 0.3) is 0 Å². The fraction of sp³-hybridized carbons (Fsp3) is 0.133. The molecular formula is C15H14ClN3O. The highest BCUT2D eigenvalue weighted by atomic mass is 35.5. The average Bonchev–Trinajstić information content (AvgIpc) is 2.78. The summed E-state index contributed by atoms with van der Waals surface area (Å²) in [4.78, 5) is 4.62. The molecule has 5 heteroatoms. The molecule has 0 unspecified atom stereocenters. The number of nitrogens with zero attached hydrogens (tertiary/aromatic N) is 2. The highest BCUT2D eigenvalue weighted by Crippen LogP contribution is 2.27. The van der Waals surface area contributed by atoms with Crippen LogP contribution in [-0.2, 0) is 6.54 Å². The molecule has 3 N–H and O–H groups in total. The number of nitrogens with two attached hydrogens (primary N) is 1. The van der Waals surface area contributed by atoms with Crippen LogP contribution in [-0.4, -0.2) is 21.3 Å². The second kappa shape index (κ2) is 5.15. The molecule has 4 nitrogen and oxygen atoms in total. The van der Waals surface area contributed by atoms with Crippen molar-refractivity contribution < 1.29 is 5.11 Å². The van der Waals surface area contributed by atoms with Gasteiger partial charge in [0.1, 0.15) is 5.82 Å². The summed E-state index contributed by atoms with van der Waals surface area (Å²) in [6.07, 6.45) is 0. The topological polar surface area (TPSA) is 64.1 Å². The lowest BCUT2D eigenvalue weighted by Crippen LogP contribution is -2.04. The van der Waals surface area contributed by atoms with Crippen LogP contribution in [0.15, 0.2) is 42.5 Å². The molecule has 0 fully saturated rings. The summed E-state index contributed by atoms with van der Waals surface area (Å²) >= 11 is 6.01. The lowest BCUT2D eigenvalue weighted by Gasteiger charge is -2.07. The van der Waals surface area contributed by atoms with Crippen molar-refractivity contribution in [2.45, 2.75) is 6.54 Å². The van der Waals surface area contributed by atoms with Crippen LogP contribution in [0.3, 0.4) is 0 Å². The quantitative estimate of drug-likeness (QED) is 0.728. The zero-order valence-corrected chi connectivity index (χ0v) is 11.5. The Kier molecular flexibility index (Phi) is 3.34. The van der Waals surface area contributed by atoms with Crippen molar-refractivity contribution in [2.24, 2.45) is 0 Å². The Morgan fingerprint density at radius 2 is 1.90 bits per heavy atom. The van der Waals surface area contributed by atoms with Crippen LogP contribution < -0.4 is 5.73 Å². The van der Waals surface area contributed by atoms with Gasteiger partial charge in [0.05, 0.1) is 17.6 Å². The van der Waals surface area contributed by atoms with Gasteiger partial charge in [-0.3, -0.25) is 0 Å². The third-order valence-electron chi connectivity index (χ3n) is 3.20. The summed E-state index contributed by atoms with van der Waals surface area (Å²) in [5, 5.41) is 9.92. The maximum absolute atomic E-state index is 9.27. The molecule has 3 aromatic rings. The maximum Gasteiger partial charge on any atom is 0.141 e. The second-order valence-corrected chi connectivity index (χ2v) is 5.00. The third kappa shape index (κ3) is 2.24. The molecule has 2 aromatic carbocycles. The highest BCUT2D eigenvalue weighted by molar-refractivity contribution is 6.31. The molecule has 0 aliphatic rings. The summed E-state index contributed by atoms with van der Waals surface area (Å²) in [6, 6.07) is 13.1. The van der Waals surface area contributed by atoms with E-state index in [1.54, 1.807) is 0 Å². The van der Waals surface area contributed by atoms with Gasteiger partial charge < -0.3 is 15.4 Å². The Morgan fingerprint density at radius 1 is 1.15 bits per heavy atom. The highest BCUT2D eigenvalue weighted by Gasteiger charge is 2.12. The van der Waals surface area contributed by atoms with Crippen LogP contribution in [0.2, 0.25) is 5.02 Å². The van der Waals surface area contributed by atoms with Gasteiger partial charge in [-0.2, -0.15) is 0 Å². The predicted octanol–water partition coefficient (Wildman–Crippen LogP) is 2.93. The average molecular weight is 288 g/mol. The Bertz CT molecular complexity index is 750. The minimum atomic E-state index is 0.0516. The minimum absolute atomic E-state index is 0.0516. The Balaban J connectivity index is 2.22. The number of aromatic nitrogens is 2. The van der Waals surface area contributed by atoms with Crippen LogP contribution in [0.4, 0.5) is 5.69 Å². The number of hydrogen-bond acceptors (Lipinski definition) is 3. The van der Waals surface area contributed by atoms with Crippen LogP contribution in [0.5, 0.6) is 0 Å². The largest absolute Gasteiger partial charge is 0.399 e. The molecule has 102 valence electrons. The molecule has 0 spiro atoms.